The fourth-order valence-electron chi connectivity index (χ4n) is 0.399. The minimum Gasteiger partial charge on any atom is -0.481 e. The molecule has 2 N–H and O–H groups in total. The Morgan fingerprint density at radius 2 is 2.38 bits per heavy atom. The maximum atomic E-state index is 10.2. The number of carbonyl (C=O) groups excluding carboxylic acids is 1. The molecule has 0 aromatic heterocycles. The molecule has 1 aliphatic rings. The van der Waals surface area contributed by atoms with E-state index in [1.54, 1.807) is 0 Å². The first kappa shape index (κ1) is 5.11. The summed E-state index contributed by atoms with van der Waals surface area (Å²) in [5.41, 5.74) is 0. The molecule has 0 aromatic rings. The lowest BCUT2D eigenvalue weighted by Crippen LogP contribution is -2.13. The van der Waals surface area contributed by atoms with Gasteiger partial charge in [-0.2, -0.15) is 0 Å². The lowest BCUT2D eigenvalue weighted by atomic mass is 10.4. The molecule has 1 unspecified atom stereocenters. The van der Waals surface area contributed by atoms with Gasteiger partial charge in [-0.05, 0) is 0 Å². The highest BCUT2D eigenvalue weighted by molar-refractivity contribution is 5.94. The van der Waals surface area contributed by atoms with Crippen molar-refractivity contribution in [2.75, 3.05) is 0 Å². The van der Waals surface area contributed by atoms with Gasteiger partial charge in [0.25, 0.3) is 12.2 Å². The Kier molecular flexibility index (Phi) is 0.948. The topological polar surface area (TPSA) is 66.8 Å². The summed E-state index contributed by atoms with van der Waals surface area (Å²) in [4.78, 5) is 10.2. The molecule has 0 aliphatic carbocycles. The molecule has 0 saturated heterocycles. The van der Waals surface area contributed by atoms with E-state index in [-0.39, 0.29) is 0 Å². The molecule has 0 amide bonds. The molecule has 8 heavy (non-hydrogen) atoms. The summed E-state index contributed by atoms with van der Waals surface area (Å²) in [6.07, 6.45) is -0.667. The van der Waals surface area contributed by atoms with Crippen molar-refractivity contribution < 1.29 is 19.7 Å². The van der Waals surface area contributed by atoms with Gasteiger partial charge in [-0.15, -0.1) is 0 Å². The normalized spacial score (nSPS) is 27.4. The fraction of sp³-hybridized carbons (Fsp3) is 0.250. The van der Waals surface area contributed by atoms with Crippen molar-refractivity contribution in [3.8, 4) is 0 Å². The van der Waals surface area contributed by atoms with Gasteiger partial charge >= 0.3 is 0 Å². The number of rotatable bonds is 0. The minimum absolute atomic E-state index is 0.525. The molecule has 0 fully saturated rings. The van der Waals surface area contributed by atoms with Crippen LogP contribution in [0.1, 0.15) is 0 Å². The van der Waals surface area contributed by atoms with E-state index in [0.29, 0.717) is 0 Å². The zero-order valence-corrected chi connectivity index (χ0v) is 3.87. The second-order valence-corrected chi connectivity index (χ2v) is 1.36. The smallest absolute Gasteiger partial charge is 0.283 e. The van der Waals surface area contributed by atoms with Gasteiger partial charge in [0, 0.05) is 0 Å². The second-order valence-electron chi connectivity index (χ2n) is 1.36. The van der Waals surface area contributed by atoms with Crippen molar-refractivity contribution in [2.45, 2.75) is 6.29 Å². The molecule has 0 saturated carbocycles. The molecular weight excluding hydrogens is 112 g/mol. The standard InChI is InChI=1S/C4H4O4/c5-2-1-3(6)8-4(2)7/h1,4,6-7H. The minimum atomic E-state index is -1.49. The number of hydrogen-bond acceptors (Lipinski definition) is 4. The molecule has 1 atom stereocenters. The Hall–Kier alpha value is -1.03. The second kappa shape index (κ2) is 1.48. The summed E-state index contributed by atoms with van der Waals surface area (Å²) in [6.45, 7) is 0. The molecule has 0 bridgehead atoms. The monoisotopic (exact) mass is 116 g/mol. The van der Waals surface area contributed by atoms with Crippen LogP contribution in [0.15, 0.2) is 12.0 Å². The van der Waals surface area contributed by atoms with E-state index in [1.165, 1.54) is 0 Å². The van der Waals surface area contributed by atoms with Gasteiger partial charge < -0.3 is 14.9 Å². The average Bonchev–Trinajstić information content (AvgIpc) is 1.85. The number of aliphatic hydroxyl groups is 2. The third-order valence-electron chi connectivity index (χ3n) is 0.742. The van der Waals surface area contributed by atoms with Gasteiger partial charge in [-0.25, -0.2) is 0 Å². The Morgan fingerprint density at radius 3 is 2.50 bits per heavy atom. The number of carbonyl (C=O) groups is 1. The van der Waals surface area contributed by atoms with Gasteiger partial charge in [0.2, 0.25) is 5.78 Å². The van der Waals surface area contributed by atoms with Crippen LogP contribution in [0.25, 0.3) is 0 Å². The van der Waals surface area contributed by atoms with E-state index in [1.807, 2.05) is 0 Å². The number of aliphatic hydroxyl groups excluding tert-OH is 2. The van der Waals surface area contributed by atoms with Crippen LogP contribution in [-0.2, 0) is 9.53 Å². The molecule has 0 radical (unpaired) electrons. The van der Waals surface area contributed by atoms with Crippen LogP contribution >= 0.6 is 0 Å². The molecule has 1 heterocycles. The van der Waals surface area contributed by atoms with Crippen molar-refractivity contribution in [3.63, 3.8) is 0 Å². The lowest BCUT2D eigenvalue weighted by Gasteiger charge is -1.97. The van der Waals surface area contributed by atoms with Gasteiger partial charge in [-0.1, -0.05) is 0 Å². The fourth-order valence-corrected chi connectivity index (χ4v) is 0.399. The highest BCUT2D eigenvalue weighted by Crippen LogP contribution is 2.07. The molecule has 4 heteroatoms. The third-order valence-corrected chi connectivity index (χ3v) is 0.742. The zero-order chi connectivity index (χ0) is 6.15. The molecule has 44 valence electrons. The summed E-state index contributed by atoms with van der Waals surface area (Å²) in [6, 6.07) is 0. The number of ketones is 1. The van der Waals surface area contributed by atoms with E-state index in [2.05, 4.69) is 4.74 Å². The van der Waals surface area contributed by atoms with Crippen molar-refractivity contribution >= 4 is 5.78 Å². The molecule has 1 rings (SSSR count). The summed E-state index contributed by atoms with van der Waals surface area (Å²) >= 11 is 0. The van der Waals surface area contributed by atoms with E-state index in [0.717, 1.165) is 6.08 Å². The first-order valence-electron chi connectivity index (χ1n) is 1.99. The van der Waals surface area contributed by atoms with Crippen LogP contribution in [-0.4, -0.2) is 22.3 Å². The summed E-state index contributed by atoms with van der Waals surface area (Å²) < 4.78 is 4.10. The van der Waals surface area contributed by atoms with Crippen molar-refractivity contribution in [2.24, 2.45) is 0 Å². The maximum Gasteiger partial charge on any atom is 0.283 e. The van der Waals surface area contributed by atoms with Crippen molar-refractivity contribution in [3.05, 3.63) is 12.0 Å². The van der Waals surface area contributed by atoms with Gasteiger partial charge in [0.15, 0.2) is 0 Å². The zero-order valence-electron chi connectivity index (χ0n) is 3.87. The van der Waals surface area contributed by atoms with Gasteiger partial charge in [0.1, 0.15) is 0 Å². The first-order valence-corrected chi connectivity index (χ1v) is 1.99. The SMILES string of the molecule is O=C1C=C(O)OC1O. The quantitative estimate of drug-likeness (QED) is 0.439. The molecule has 4 nitrogen and oxygen atoms in total. The highest BCUT2D eigenvalue weighted by atomic mass is 16.7. The summed E-state index contributed by atoms with van der Waals surface area (Å²) in [5.74, 6) is -1.15. The average molecular weight is 116 g/mol. The highest BCUT2D eigenvalue weighted by Gasteiger charge is 2.23. The maximum absolute atomic E-state index is 10.2. The largest absolute Gasteiger partial charge is 0.481 e. The number of ether oxygens (including phenoxy) is 1. The molecule has 0 aromatic carbocycles. The number of hydrogen-bond donors (Lipinski definition) is 2. The van der Waals surface area contributed by atoms with Gasteiger partial charge in [-0.3, -0.25) is 4.79 Å². The molecule has 1 aliphatic heterocycles. The van der Waals surface area contributed by atoms with E-state index >= 15 is 0 Å². The van der Waals surface area contributed by atoms with Crippen molar-refractivity contribution in [1.29, 1.82) is 0 Å². The first-order chi connectivity index (χ1) is 3.70. The van der Waals surface area contributed by atoms with E-state index in [9.17, 15) is 4.79 Å². The Bertz CT molecular complexity index is 148. The van der Waals surface area contributed by atoms with Crippen LogP contribution in [0.5, 0.6) is 0 Å². The van der Waals surface area contributed by atoms with Crippen LogP contribution in [0.4, 0.5) is 0 Å². The summed E-state index contributed by atoms with van der Waals surface area (Å²) in [5, 5.41) is 16.7. The Labute approximate surface area is 45.0 Å². The van der Waals surface area contributed by atoms with Crippen LogP contribution in [0.3, 0.4) is 0 Å². The van der Waals surface area contributed by atoms with E-state index < -0.39 is 18.0 Å². The third kappa shape index (κ3) is 0.651. The van der Waals surface area contributed by atoms with Crippen LogP contribution in [0.2, 0.25) is 0 Å². The Balaban J connectivity index is 2.70. The Morgan fingerprint density at radius 1 is 1.75 bits per heavy atom. The van der Waals surface area contributed by atoms with Crippen LogP contribution < -0.4 is 0 Å². The van der Waals surface area contributed by atoms with Crippen molar-refractivity contribution in [1.82, 2.24) is 0 Å². The predicted molar refractivity (Wildman–Crippen MR) is 22.8 cm³/mol. The lowest BCUT2D eigenvalue weighted by molar-refractivity contribution is -0.142. The molecule has 0 spiro atoms. The predicted octanol–water partition coefficient (Wildman–Crippen LogP) is -0.697. The molecular formula is C4H4O4. The van der Waals surface area contributed by atoms with Gasteiger partial charge in [0.05, 0.1) is 6.08 Å². The summed E-state index contributed by atoms with van der Waals surface area (Å²) in [7, 11) is 0. The van der Waals surface area contributed by atoms with E-state index in [4.69, 9.17) is 10.2 Å². The van der Waals surface area contributed by atoms with Crippen LogP contribution in [0, 0.1) is 0 Å².